The van der Waals surface area contributed by atoms with Crippen LogP contribution in [0.4, 0.5) is 5.69 Å². The van der Waals surface area contributed by atoms with Gasteiger partial charge in [0.15, 0.2) is 0 Å². The fraction of sp³-hybridized carbons (Fsp3) is 0.462. The van der Waals surface area contributed by atoms with Gasteiger partial charge in [-0.1, -0.05) is 19.3 Å². The number of nitriles is 1. The second-order valence-corrected chi connectivity index (χ2v) is 4.34. The molecule has 15 heavy (non-hydrogen) atoms. The van der Waals surface area contributed by atoms with Gasteiger partial charge < -0.3 is 5.73 Å². The van der Waals surface area contributed by atoms with Crippen molar-refractivity contribution in [1.29, 1.82) is 5.26 Å². The number of nitrogens with zero attached hydrogens (tertiary/aromatic N) is 1. The van der Waals surface area contributed by atoms with Crippen LogP contribution in [0, 0.1) is 11.3 Å². The van der Waals surface area contributed by atoms with Crippen LogP contribution in [0.3, 0.4) is 0 Å². The third-order valence-electron chi connectivity index (χ3n) is 3.18. The highest BCUT2D eigenvalue weighted by Crippen LogP contribution is 2.33. The van der Waals surface area contributed by atoms with E-state index in [1.165, 1.54) is 37.7 Å². The second kappa shape index (κ2) is 4.35. The number of hydrogen-bond acceptors (Lipinski definition) is 2. The van der Waals surface area contributed by atoms with E-state index in [0.29, 0.717) is 11.5 Å². The van der Waals surface area contributed by atoms with Gasteiger partial charge >= 0.3 is 0 Å². The summed E-state index contributed by atoms with van der Waals surface area (Å²) in [5.74, 6) is 0.620. The highest BCUT2D eigenvalue weighted by atomic mass is 14.5. The summed E-state index contributed by atoms with van der Waals surface area (Å²) in [5.41, 5.74) is 8.45. The van der Waals surface area contributed by atoms with Crippen molar-refractivity contribution in [2.45, 2.75) is 38.0 Å². The average Bonchev–Trinajstić information content (AvgIpc) is 2.29. The van der Waals surface area contributed by atoms with Crippen molar-refractivity contribution < 1.29 is 0 Å². The Morgan fingerprint density at radius 1 is 1.13 bits per heavy atom. The number of benzene rings is 1. The van der Waals surface area contributed by atoms with Crippen molar-refractivity contribution >= 4 is 5.69 Å². The van der Waals surface area contributed by atoms with Crippen molar-refractivity contribution in [1.82, 2.24) is 0 Å². The largest absolute Gasteiger partial charge is 0.399 e. The number of nitrogen functional groups attached to an aromatic ring is 1. The Kier molecular flexibility index (Phi) is 2.91. The molecular weight excluding hydrogens is 184 g/mol. The van der Waals surface area contributed by atoms with Gasteiger partial charge in [-0.2, -0.15) is 5.26 Å². The summed E-state index contributed by atoms with van der Waals surface area (Å²) in [6.07, 6.45) is 6.45. The normalized spacial score (nSPS) is 17.3. The molecule has 0 bridgehead atoms. The van der Waals surface area contributed by atoms with Gasteiger partial charge in [-0.25, -0.2) is 0 Å². The van der Waals surface area contributed by atoms with E-state index in [1.54, 1.807) is 6.07 Å². The van der Waals surface area contributed by atoms with E-state index < -0.39 is 0 Å². The molecule has 0 saturated heterocycles. The standard InChI is InChI=1S/C13H16N2/c14-9-10-6-12(8-13(15)7-10)11-4-2-1-3-5-11/h6-8,11H,1-5,15H2. The Hall–Kier alpha value is -1.49. The van der Waals surface area contributed by atoms with Gasteiger partial charge in [0, 0.05) is 5.69 Å². The smallest absolute Gasteiger partial charge is 0.0992 e. The average molecular weight is 200 g/mol. The Morgan fingerprint density at radius 2 is 1.87 bits per heavy atom. The van der Waals surface area contributed by atoms with Gasteiger partial charge in [0.05, 0.1) is 11.6 Å². The molecule has 2 rings (SSSR count). The predicted octanol–water partition coefficient (Wildman–Crippen LogP) is 3.19. The molecule has 0 atom stereocenters. The molecule has 0 aromatic heterocycles. The zero-order chi connectivity index (χ0) is 10.7. The highest BCUT2D eigenvalue weighted by molar-refractivity contribution is 5.49. The fourth-order valence-corrected chi connectivity index (χ4v) is 2.41. The number of hydrogen-bond donors (Lipinski definition) is 1. The van der Waals surface area contributed by atoms with E-state index >= 15 is 0 Å². The molecule has 1 aromatic carbocycles. The van der Waals surface area contributed by atoms with Gasteiger partial charge in [0.25, 0.3) is 0 Å². The lowest BCUT2D eigenvalue weighted by atomic mass is 9.83. The summed E-state index contributed by atoms with van der Waals surface area (Å²) in [6, 6.07) is 7.93. The number of nitrogens with two attached hydrogens (primary N) is 1. The van der Waals surface area contributed by atoms with Gasteiger partial charge in [-0.05, 0) is 42.5 Å². The van der Waals surface area contributed by atoms with Crippen LogP contribution in [0.2, 0.25) is 0 Å². The van der Waals surface area contributed by atoms with Gasteiger partial charge in [0.1, 0.15) is 0 Å². The third-order valence-corrected chi connectivity index (χ3v) is 3.18. The van der Waals surface area contributed by atoms with E-state index in [4.69, 9.17) is 11.0 Å². The summed E-state index contributed by atoms with van der Waals surface area (Å²) in [6.45, 7) is 0. The summed E-state index contributed by atoms with van der Waals surface area (Å²) in [7, 11) is 0. The molecule has 0 unspecified atom stereocenters. The van der Waals surface area contributed by atoms with Gasteiger partial charge in [0.2, 0.25) is 0 Å². The first kappa shape index (κ1) is 10.0. The Balaban J connectivity index is 2.27. The second-order valence-electron chi connectivity index (χ2n) is 4.34. The lowest BCUT2D eigenvalue weighted by Crippen LogP contribution is -2.05. The first-order chi connectivity index (χ1) is 7.29. The van der Waals surface area contributed by atoms with Crippen molar-refractivity contribution in [2.75, 3.05) is 5.73 Å². The first-order valence-electron chi connectivity index (χ1n) is 5.60. The highest BCUT2D eigenvalue weighted by Gasteiger charge is 2.16. The van der Waals surface area contributed by atoms with E-state index in [1.807, 2.05) is 12.1 Å². The molecule has 0 radical (unpaired) electrons. The summed E-state index contributed by atoms with van der Waals surface area (Å²) in [5, 5.41) is 8.88. The Morgan fingerprint density at radius 3 is 2.53 bits per heavy atom. The predicted molar refractivity (Wildman–Crippen MR) is 61.4 cm³/mol. The SMILES string of the molecule is N#Cc1cc(N)cc(C2CCCCC2)c1. The molecule has 0 spiro atoms. The molecule has 1 aliphatic rings. The van der Waals surface area contributed by atoms with E-state index in [0.717, 1.165) is 5.69 Å². The molecule has 0 heterocycles. The zero-order valence-corrected chi connectivity index (χ0v) is 8.87. The van der Waals surface area contributed by atoms with Gasteiger partial charge in [-0.3, -0.25) is 0 Å². The van der Waals surface area contributed by atoms with Crippen molar-refractivity contribution in [3.63, 3.8) is 0 Å². The summed E-state index contributed by atoms with van der Waals surface area (Å²) < 4.78 is 0. The zero-order valence-electron chi connectivity index (χ0n) is 8.87. The first-order valence-corrected chi connectivity index (χ1v) is 5.60. The van der Waals surface area contributed by atoms with Crippen molar-refractivity contribution in [3.05, 3.63) is 29.3 Å². The van der Waals surface area contributed by atoms with Crippen LogP contribution in [-0.4, -0.2) is 0 Å². The van der Waals surface area contributed by atoms with Crippen molar-refractivity contribution in [2.24, 2.45) is 0 Å². The summed E-state index contributed by atoms with van der Waals surface area (Å²) >= 11 is 0. The number of anilines is 1. The third kappa shape index (κ3) is 2.30. The van der Waals surface area contributed by atoms with Crippen molar-refractivity contribution in [3.8, 4) is 6.07 Å². The maximum absolute atomic E-state index is 8.88. The molecule has 0 amide bonds. The van der Waals surface area contributed by atoms with Crippen LogP contribution < -0.4 is 5.73 Å². The van der Waals surface area contributed by atoms with E-state index in [9.17, 15) is 0 Å². The maximum atomic E-state index is 8.88. The minimum atomic E-state index is 0.620. The molecule has 1 aromatic rings. The van der Waals surface area contributed by atoms with Crippen LogP contribution in [-0.2, 0) is 0 Å². The van der Waals surface area contributed by atoms with Gasteiger partial charge in [-0.15, -0.1) is 0 Å². The quantitative estimate of drug-likeness (QED) is 0.708. The molecule has 0 aliphatic heterocycles. The lowest BCUT2D eigenvalue weighted by Gasteiger charge is -2.22. The maximum Gasteiger partial charge on any atom is 0.0992 e. The molecule has 2 N–H and O–H groups in total. The Bertz CT molecular complexity index is 384. The monoisotopic (exact) mass is 200 g/mol. The Labute approximate surface area is 90.7 Å². The van der Waals surface area contributed by atoms with Crippen LogP contribution in [0.25, 0.3) is 0 Å². The molecular formula is C13H16N2. The van der Waals surface area contributed by atoms with Crippen LogP contribution in [0.15, 0.2) is 18.2 Å². The topological polar surface area (TPSA) is 49.8 Å². The van der Waals surface area contributed by atoms with Crippen LogP contribution in [0.5, 0.6) is 0 Å². The molecule has 1 aliphatic carbocycles. The lowest BCUT2D eigenvalue weighted by molar-refractivity contribution is 0.443. The molecule has 2 nitrogen and oxygen atoms in total. The van der Waals surface area contributed by atoms with E-state index in [-0.39, 0.29) is 0 Å². The number of rotatable bonds is 1. The van der Waals surface area contributed by atoms with Crippen LogP contribution in [0.1, 0.15) is 49.1 Å². The molecule has 1 saturated carbocycles. The molecule has 1 fully saturated rings. The van der Waals surface area contributed by atoms with Crippen LogP contribution >= 0.6 is 0 Å². The fourth-order valence-electron chi connectivity index (χ4n) is 2.41. The molecule has 78 valence electrons. The molecule has 2 heteroatoms. The minimum Gasteiger partial charge on any atom is -0.399 e. The minimum absolute atomic E-state index is 0.620. The summed E-state index contributed by atoms with van der Waals surface area (Å²) in [4.78, 5) is 0. The van der Waals surface area contributed by atoms with E-state index in [2.05, 4.69) is 6.07 Å².